The molecule has 0 atom stereocenters. The first kappa shape index (κ1) is 12.8. The number of anilines is 2. The van der Waals surface area contributed by atoms with Crippen LogP contribution in [0, 0.1) is 17.1 Å². The van der Waals surface area contributed by atoms with Gasteiger partial charge in [0.2, 0.25) is 0 Å². The summed E-state index contributed by atoms with van der Waals surface area (Å²) >= 11 is 0. The van der Waals surface area contributed by atoms with Crippen LogP contribution in [0.4, 0.5) is 15.8 Å². The van der Waals surface area contributed by atoms with E-state index >= 15 is 0 Å². The highest BCUT2D eigenvalue weighted by atomic mass is 19.1. The van der Waals surface area contributed by atoms with E-state index in [0.717, 1.165) is 5.69 Å². The summed E-state index contributed by atoms with van der Waals surface area (Å²) < 4.78 is 13.4. The van der Waals surface area contributed by atoms with E-state index in [1.54, 1.807) is 42.3 Å². The molecule has 0 aliphatic heterocycles. The van der Waals surface area contributed by atoms with Crippen LogP contribution >= 0.6 is 0 Å². The Morgan fingerprint density at radius 2 is 1.84 bits per heavy atom. The molecular weight excluding hydrogens is 243 g/mol. The normalized spacial score (nSPS) is 9.74. The van der Waals surface area contributed by atoms with Crippen molar-refractivity contribution in [1.82, 2.24) is 0 Å². The van der Waals surface area contributed by atoms with Gasteiger partial charge in [0.15, 0.2) is 0 Å². The van der Waals surface area contributed by atoms with Crippen LogP contribution in [0.5, 0.6) is 0 Å². The molecule has 0 aliphatic rings. The second-order valence-electron chi connectivity index (χ2n) is 4.08. The minimum atomic E-state index is -0.458. The van der Waals surface area contributed by atoms with Gasteiger partial charge in [-0.1, -0.05) is 0 Å². The highest BCUT2D eigenvalue weighted by Gasteiger charge is 2.07. The summed E-state index contributed by atoms with van der Waals surface area (Å²) in [4.78, 5) is 12.5. The third-order valence-electron chi connectivity index (χ3n) is 2.81. The fourth-order valence-corrected chi connectivity index (χ4v) is 1.77. The molecule has 0 aliphatic carbocycles. The number of nitriles is 1. The van der Waals surface area contributed by atoms with E-state index in [2.05, 4.69) is 0 Å². The van der Waals surface area contributed by atoms with E-state index in [1.165, 1.54) is 12.1 Å². The molecule has 0 fully saturated rings. The molecule has 94 valence electrons. The molecule has 0 aromatic heterocycles. The number of benzene rings is 2. The highest BCUT2D eigenvalue weighted by molar-refractivity contribution is 5.78. The summed E-state index contributed by atoms with van der Waals surface area (Å²) in [6.07, 6.45) is 0.610. The Balaban J connectivity index is 2.37. The molecule has 0 spiro atoms. The number of hydrogen-bond acceptors (Lipinski definition) is 3. The van der Waals surface area contributed by atoms with Gasteiger partial charge in [-0.25, -0.2) is 4.39 Å². The van der Waals surface area contributed by atoms with E-state index in [0.29, 0.717) is 17.5 Å². The minimum absolute atomic E-state index is 0.287. The SMILES string of the molecule is CN(c1ccc(C#N)cc1)c1cc(F)cc(C=O)c1. The number of nitrogens with zero attached hydrogens (tertiary/aromatic N) is 2. The van der Waals surface area contributed by atoms with Gasteiger partial charge in [0.25, 0.3) is 0 Å². The predicted octanol–water partition coefficient (Wildman–Crippen LogP) is 3.28. The number of carbonyl (C=O) groups excluding carboxylic acids is 1. The lowest BCUT2D eigenvalue weighted by Crippen LogP contribution is -2.10. The minimum Gasteiger partial charge on any atom is -0.345 e. The lowest BCUT2D eigenvalue weighted by atomic mass is 10.1. The summed E-state index contributed by atoms with van der Waals surface area (Å²) in [6, 6.07) is 13.1. The third-order valence-corrected chi connectivity index (χ3v) is 2.81. The molecule has 0 radical (unpaired) electrons. The molecule has 0 bridgehead atoms. The topological polar surface area (TPSA) is 44.1 Å². The molecule has 3 nitrogen and oxygen atoms in total. The quantitative estimate of drug-likeness (QED) is 0.789. The van der Waals surface area contributed by atoms with Gasteiger partial charge in [-0.15, -0.1) is 0 Å². The summed E-state index contributed by atoms with van der Waals surface area (Å²) in [5, 5.41) is 8.74. The first-order valence-electron chi connectivity index (χ1n) is 5.63. The molecule has 4 heteroatoms. The summed E-state index contributed by atoms with van der Waals surface area (Å²) in [6.45, 7) is 0. The Bertz CT molecular complexity index is 644. The van der Waals surface area contributed by atoms with Crippen molar-refractivity contribution in [3.05, 3.63) is 59.4 Å². The molecule has 2 rings (SSSR count). The van der Waals surface area contributed by atoms with Gasteiger partial charge in [0.1, 0.15) is 12.1 Å². The van der Waals surface area contributed by atoms with Crippen LogP contribution < -0.4 is 4.90 Å². The van der Waals surface area contributed by atoms with Gasteiger partial charge in [-0.2, -0.15) is 5.26 Å². The van der Waals surface area contributed by atoms with Crippen molar-refractivity contribution in [3.8, 4) is 6.07 Å². The summed E-state index contributed by atoms with van der Waals surface area (Å²) in [5.41, 5.74) is 2.23. The van der Waals surface area contributed by atoms with E-state index in [1.807, 2.05) is 6.07 Å². The van der Waals surface area contributed by atoms with Gasteiger partial charge in [-0.05, 0) is 42.5 Å². The lowest BCUT2D eigenvalue weighted by molar-refractivity contribution is 0.112. The fourth-order valence-electron chi connectivity index (χ4n) is 1.77. The molecule has 0 saturated heterocycles. The molecule has 19 heavy (non-hydrogen) atoms. The molecule has 0 heterocycles. The van der Waals surface area contributed by atoms with Crippen molar-refractivity contribution < 1.29 is 9.18 Å². The molecule has 0 amide bonds. The molecular formula is C15H11FN2O. The first-order chi connectivity index (χ1) is 9.13. The first-order valence-corrected chi connectivity index (χ1v) is 5.63. The predicted molar refractivity (Wildman–Crippen MR) is 71.0 cm³/mol. The largest absolute Gasteiger partial charge is 0.345 e. The van der Waals surface area contributed by atoms with Crippen molar-refractivity contribution in [2.45, 2.75) is 0 Å². The Kier molecular flexibility index (Phi) is 3.58. The Hall–Kier alpha value is -2.67. The lowest BCUT2D eigenvalue weighted by Gasteiger charge is -2.20. The van der Waals surface area contributed by atoms with Crippen molar-refractivity contribution in [1.29, 1.82) is 5.26 Å². The van der Waals surface area contributed by atoms with Crippen LogP contribution in [0.3, 0.4) is 0 Å². The average molecular weight is 254 g/mol. The number of aldehydes is 1. The smallest absolute Gasteiger partial charge is 0.150 e. The standard InChI is InChI=1S/C15H11FN2O/c1-18(14-4-2-11(9-17)3-5-14)15-7-12(10-19)6-13(16)8-15/h2-8,10H,1H3. The number of rotatable bonds is 3. The van der Waals surface area contributed by atoms with E-state index in [-0.39, 0.29) is 5.56 Å². The van der Waals surface area contributed by atoms with Crippen LogP contribution in [0.15, 0.2) is 42.5 Å². The zero-order valence-electron chi connectivity index (χ0n) is 10.3. The Labute approximate surface area is 110 Å². The molecule has 0 N–H and O–H groups in total. The number of hydrogen-bond donors (Lipinski definition) is 0. The second-order valence-corrected chi connectivity index (χ2v) is 4.08. The zero-order valence-corrected chi connectivity index (χ0v) is 10.3. The Morgan fingerprint density at radius 1 is 1.16 bits per heavy atom. The average Bonchev–Trinajstić information content (AvgIpc) is 2.46. The van der Waals surface area contributed by atoms with Crippen molar-refractivity contribution in [2.75, 3.05) is 11.9 Å². The summed E-state index contributed by atoms with van der Waals surface area (Å²) in [7, 11) is 1.77. The van der Waals surface area contributed by atoms with Crippen LogP contribution in [0.1, 0.15) is 15.9 Å². The molecule has 2 aromatic carbocycles. The maximum Gasteiger partial charge on any atom is 0.150 e. The highest BCUT2D eigenvalue weighted by Crippen LogP contribution is 2.25. The van der Waals surface area contributed by atoms with E-state index in [9.17, 15) is 9.18 Å². The van der Waals surface area contributed by atoms with Crippen molar-refractivity contribution in [2.24, 2.45) is 0 Å². The van der Waals surface area contributed by atoms with Gasteiger partial charge >= 0.3 is 0 Å². The van der Waals surface area contributed by atoms with Crippen LogP contribution in [-0.2, 0) is 0 Å². The van der Waals surface area contributed by atoms with E-state index in [4.69, 9.17) is 5.26 Å². The van der Waals surface area contributed by atoms with Gasteiger partial charge in [-0.3, -0.25) is 4.79 Å². The van der Waals surface area contributed by atoms with Gasteiger partial charge in [0.05, 0.1) is 11.6 Å². The molecule has 2 aromatic rings. The van der Waals surface area contributed by atoms with Crippen molar-refractivity contribution in [3.63, 3.8) is 0 Å². The molecule has 0 unspecified atom stereocenters. The Morgan fingerprint density at radius 3 is 2.42 bits per heavy atom. The van der Waals surface area contributed by atoms with Crippen LogP contribution in [0.2, 0.25) is 0 Å². The monoisotopic (exact) mass is 254 g/mol. The van der Waals surface area contributed by atoms with Crippen LogP contribution in [0.25, 0.3) is 0 Å². The van der Waals surface area contributed by atoms with Crippen molar-refractivity contribution >= 4 is 17.7 Å². The van der Waals surface area contributed by atoms with Gasteiger partial charge < -0.3 is 4.90 Å². The summed E-state index contributed by atoms with van der Waals surface area (Å²) in [5.74, 6) is -0.458. The van der Waals surface area contributed by atoms with Crippen LogP contribution in [-0.4, -0.2) is 13.3 Å². The number of carbonyl (C=O) groups is 1. The maximum absolute atomic E-state index is 13.4. The third kappa shape index (κ3) is 2.78. The second kappa shape index (κ2) is 5.32. The molecule has 0 saturated carbocycles. The fraction of sp³-hybridized carbons (Fsp3) is 0.0667. The maximum atomic E-state index is 13.4. The number of halogens is 1. The van der Waals surface area contributed by atoms with Gasteiger partial charge in [0, 0.05) is 24.0 Å². The zero-order chi connectivity index (χ0) is 13.8. The van der Waals surface area contributed by atoms with E-state index < -0.39 is 5.82 Å².